The zero-order valence-electron chi connectivity index (χ0n) is 10.5. The molecule has 2 rings (SSSR count). The summed E-state index contributed by atoms with van der Waals surface area (Å²) in [6.45, 7) is -0.482. The third-order valence-corrected chi connectivity index (χ3v) is 3.26. The maximum Gasteiger partial charge on any atom is 0.323 e. The number of nitrogens with zero attached hydrogens (tertiary/aromatic N) is 3. The molecule has 110 valence electrons. The number of nitrogens with one attached hydrogen (secondary N) is 1. The quantitative estimate of drug-likeness (QED) is 0.776. The number of aromatic nitrogens is 3. The van der Waals surface area contributed by atoms with E-state index in [4.69, 9.17) is 22.4 Å². The Morgan fingerprint density at radius 1 is 1.38 bits per heavy atom. The van der Waals surface area contributed by atoms with Gasteiger partial charge in [0.2, 0.25) is 5.95 Å². The molecule has 1 amide bonds. The van der Waals surface area contributed by atoms with Crippen LogP contribution in [0.3, 0.4) is 0 Å². The van der Waals surface area contributed by atoms with Gasteiger partial charge in [-0.2, -0.15) is 9.07 Å². The van der Waals surface area contributed by atoms with E-state index in [9.17, 15) is 9.59 Å². The first-order valence-electron chi connectivity index (χ1n) is 5.62. The third kappa shape index (κ3) is 4.10. The number of benzene rings is 1. The number of carboxylic acid groups (broad SMARTS) is 1. The predicted octanol–water partition coefficient (Wildman–Crippen LogP) is 1.47. The lowest BCUT2D eigenvalue weighted by Gasteiger charge is -2.01. The van der Waals surface area contributed by atoms with Crippen LogP contribution in [0.4, 0.5) is 10.7 Å². The van der Waals surface area contributed by atoms with Crippen LogP contribution in [0.1, 0.15) is 0 Å². The van der Waals surface area contributed by atoms with Crippen LogP contribution in [-0.4, -0.2) is 37.0 Å². The second-order valence-corrected chi connectivity index (χ2v) is 5.14. The van der Waals surface area contributed by atoms with E-state index in [0.29, 0.717) is 28.4 Å². The van der Waals surface area contributed by atoms with Gasteiger partial charge < -0.3 is 16.2 Å². The van der Waals surface area contributed by atoms with Gasteiger partial charge in [0.1, 0.15) is 6.54 Å². The average molecular weight is 328 g/mol. The summed E-state index contributed by atoms with van der Waals surface area (Å²) in [6.07, 6.45) is 0. The number of carbonyl (C=O) groups is 2. The Labute approximate surface area is 128 Å². The fourth-order valence-corrected chi connectivity index (χ4v) is 2.03. The van der Waals surface area contributed by atoms with Crippen molar-refractivity contribution >= 4 is 40.7 Å². The molecule has 0 aliphatic rings. The number of nitrogens with two attached hydrogens (primary N) is 1. The molecule has 0 spiro atoms. The Hall–Kier alpha value is -2.26. The summed E-state index contributed by atoms with van der Waals surface area (Å²) in [7, 11) is 0. The van der Waals surface area contributed by atoms with Crippen molar-refractivity contribution in [1.29, 1.82) is 0 Å². The molecule has 1 aromatic carbocycles. The maximum atomic E-state index is 11.5. The lowest BCUT2D eigenvalue weighted by molar-refractivity contribution is -0.135. The molecular weight excluding hydrogens is 318 g/mol. The van der Waals surface area contributed by atoms with Crippen LogP contribution in [0.25, 0.3) is 11.4 Å². The van der Waals surface area contributed by atoms with E-state index in [-0.39, 0.29) is 5.95 Å². The van der Waals surface area contributed by atoms with Crippen molar-refractivity contribution in [2.75, 3.05) is 12.3 Å². The molecule has 0 fully saturated rings. The van der Waals surface area contributed by atoms with E-state index in [2.05, 4.69) is 15.4 Å². The van der Waals surface area contributed by atoms with Crippen LogP contribution in [-0.2, 0) is 4.79 Å². The van der Waals surface area contributed by atoms with E-state index in [1.54, 1.807) is 24.3 Å². The number of hydrogen-bond acceptors (Lipinski definition) is 6. The van der Waals surface area contributed by atoms with Crippen molar-refractivity contribution in [3.05, 3.63) is 29.3 Å². The molecule has 10 heteroatoms. The van der Waals surface area contributed by atoms with Gasteiger partial charge in [-0.05, 0) is 24.3 Å². The standard InChI is InChI=1S/C11H10ClN5O3S/c12-7-3-1-6(2-4-7)9-15-10(13)17(16-9)21-11(20)14-5-8(18)19/h1-4H,5H2,(H,14,20)(H,18,19)(H2,13,15,16). The minimum absolute atomic E-state index is 0.0235. The molecule has 0 aliphatic carbocycles. The highest BCUT2D eigenvalue weighted by molar-refractivity contribution is 8.12. The molecule has 0 bridgehead atoms. The maximum absolute atomic E-state index is 11.5. The van der Waals surface area contributed by atoms with Crippen molar-refractivity contribution < 1.29 is 14.7 Å². The molecule has 0 atom stereocenters. The van der Waals surface area contributed by atoms with E-state index < -0.39 is 17.8 Å². The zero-order chi connectivity index (χ0) is 15.4. The highest BCUT2D eigenvalue weighted by Crippen LogP contribution is 2.21. The number of amides is 1. The molecule has 0 radical (unpaired) electrons. The molecular formula is C11H10ClN5O3S. The number of nitrogen functional groups attached to an aromatic ring is 1. The number of hydrogen-bond donors (Lipinski definition) is 3. The minimum atomic E-state index is -1.14. The molecule has 1 aromatic heterocycles. The normalized spacial score (nSPS) is 10.3. The van der Waals surface area contributed by atoms with Gasteiger partial charge in [-0.15, -0.1) is 5.10 Å². The van der Waals surface area contributed by atoms with Crippen LogP contribution in [0, 0.1) is 0 Å². The van der Waals surface area contributed by atoms with Crippen LogP contribution >= 0.6 is 23.5 Å². The van der Waals surface area contributed by atoms with E-state index in [0.717, 1.165) is 4.09 Å². The monoisotopic (exact) mass is 327 g/mol. The molecule has 21 heavy (non-hydrogen) atoms. The summed E-state index contributed by atoms with van der Waals surface area (Å²) in [5, 5.41) is 14.7. The van der Waals surface area contributed by atoms with Gasteiger partial charge >= 0.3 is 11.2 Å². The van der Waals surface area contributed by atoms with Crippen LogP contribution in [0.2, 0.25) is 5.02 Å². The number of carbonyl (C=O) groups excluding carboxylic acids is 1. The van der Waals surface area contributed by atoms with E-state index in [1.165, 1.54) is 0 Å². The molecule has 0 aliphatic heterocycles. The van der Waals surface area contributed by atoms with Gasteiger partial charge in [-0.25, -0.2) is 0 Å². The topological polar surface area (TPSA) is 123 Å². The van der Waals surface area contributed by atoms with Gasteiger partial charge in [0.15, 0.2) is 5.82 Å². The Morgan fingerprint density at radius 2 is 2.05 bits per heavy atom. The van der Waals surface area contributed by atoms with Crippen LogP contribution < -0.4 is 11.1 Å². The minimum Gasteiger partial charge on any atom is -0.480 e. The smallest absolute Gasteiger partial charge is 0.323 e. The fourth-order valence-electron chi connectivity index (χ4n) is 1.36. The highest BCUT2D eigenvalue weighted by atomic mass is 35.5. The van der Waals surface area contributed by atoms with Crippen molar-refractivity contribution in [2.45, 2.75) is 0 Å². The number of carboxylic acids is 1. The lowest BCUT2D eigenvalue weighted by atomic mass is 10.2. The van der Waals surface area contributed by atoms with Crippen molar-refractivity contribution in [2.24, 2.45) is 0 Å². The van der Waals surface area contributed by atoms with Gasteiger partial charge in [0, 0.05) is 10.6 Å². The summed E-state index contributed by atoms with van der Waals surface area (Å²) < 4.78 is 1.11. The van der Waals surface area contributed by atoms with E-state index in [1.807, 2.05) is 0 Å². The molecule has 4 N–H and O–H groups in total. The van der Waals surface area contributed by atoms with Crippen LogP contribution in [0.15, 0.2) is 24.3 Å². The first kappa shape index (κ1) is 15.1. The van der Waals surface area contributed by atoms with Gasteiger partial charge in [-0.3, -0.25) is 9.59 Å². The fraction of sp³-hybridized carbons (Fsp3) is 0.0909. The molecule has 2 aromatic rings. The summed E-state index contributed by atoms with van der Waals surface area (Å²) in [5.74, 6) is -0.782. The summed E-state index contributed by atoms with van der Waals surface area (Å²) in [6, 6.07) is 6.80. The molecule has 0 saturated heterocycles. The summed E-state index contributed by atoms with van der Waals surface area (Å²) in [4.78, 5) is 25.9. The lowest BCUT2D eigenvalue weighted by Crippen LogP contribution is -2.26. The number of aliphatic carboxylic acids is 1. The second-order valence-electron chi connectivity index (χ2n) is 3.80. The molecule has 8 nitrogen and oxygen atoms in total. The number of anilines is 1. The Bertz CT molecular complexity index is 673. The van der Waals surface area contributed by atoms with Crippen molar-refractivity contribution in [1.82, 2.24) is 19.5 Å². The van der Waals surface area contributed by atoms with Gasteiger partial charge in [0.25, 0.3) is 0 Å². The summed E-state index contributed by atoms with van der Waals surface area (Å²) >= 11 is 6.40. The van der Waals surface area contributed by atoms with Crippen molar-refractivity contribution in [3.63, 3.8) is 0 Å². The third-order valence-electron chi connectivity index (χ3n) is 2.26. The Balaban J connectivity index is 2.10. The highest BCUT2D eigenvalue weighted by Gasteiger charge is 2.13. The summed E-state index contributed by atoms with van der Waals surface area (Å²) in [5.41, 5.74) is 6.35. The second kappa shape index (κ2) is 6.46. The first-order valence-corrected chi connectivity index (χ1v) is 6.77. The first-order chi connectivity index (χ1) is 9.95. The van der Waals surface area contributed by atoms with Crippen LogP contribution in [0.5, 0.6) is 0 Å². The SMILES string of the molecule is Nc1nc(-c2ccc(Cl)cc2)nn1SC(=O)NCC(=O)O. The number of halogens is 1. The average Bonchev–Trinajstić information content (AvgIpc) is 2.78. The van der Waals surface area contributed by atoms with Gasteiger partial charge in [0.05, 0.1) is 11.9 Å². The molecule has 1 heterocycles. The Kier molecular flexibility index (Phi) is 4.66. The van der Waals surface area contributed by atoms with Crippen molar-refractivity contribution in [3.8, 4) is 11.4 Å². The zero-order valence-corrected chi connectivity index (χ0v) is 12.1. The van der Waals surface area contributed by atoms with Gasteiger partial charge in [-0.1, -0.05) is 11.6 Å². The molecule has 0 unspecified atom stereocenters. The molecule has 0 saturated carbocycles. The predicted molar refractivity (Wildman–Crippen MR) is 78.9 cm³/mol. The largest absolute Gasteiger partial charge is 0.480 e. The van der Waals surface area contributed by atoms with E-state index >= 15 is 0 Å². The number of rotatable bonds is 4. The Morgan fingerprint density at radius 3 is 2.67 bits per heavy atom.